The molecule has 3 aromatic carbocycles. The van der Waals surface area contributed by atoms with E-state index in [1.807, 2.05) is 36.4 Å². The zero-order valence-electron chi connectivity index (χ0n) is 15.6. The van der Waals surface area contributed by atoms with Gasteiger partial charge in [-0.1, -0.05) is 72.8 Å². The van der Waals surface area contributed by atoms with Crippen LogP contribution in [0.1, 0.15) is 29.0 Å². The molecule has 0 saturated heterocycles. The Bertz CT molecular complexity index is 807. The summed E-state index contributed by atoms with van der Waals surface area (Å²) in [6.07, 6.45) is 1.22. The minimum Gasteiger partial charge on any atom is -0.497 e. The van der Waals surface area contributed by atoms with E-state index in [2.05, 4.69) is 53.8 Å². The van der Waals surface area contributed by atoms with Crippen LogP contribution in [-0.4, -0.2) is 19.6 Å². The molecule has 0 bridgehead atoms. The van der Waals surface area contributed by atoms with Crippen molar-refractivity contribution in [3.63, 3.8) is 0 Å². The molecule has 1 N–H and O–H groups in total. The zero-order chi connectivity index (χ0) is 18.9. The SMILES string of the molecule is COc1cccc(CC(=O)NCCC(c2ccccc2)c2ccccc2)c1. The zero-order valence-corrected chi connectivity index (χ0v) is 15.6. The molecule has 27 heavy (non-hydrogen) atoms. The lowest BCUT2D eigenvalue weighted by Gasteiger charge is -2.18. The molecule has 0 heterocycles. The lowest BCUT2D eigenvalue weighted by Crippen LogP contribution is -2.27. The fourth-order valence-corrected chi connectivity index (χ4v) is 3.28. The van der Waals surface area contributed by atoms with Crippen LogP contribution in [0.2, 0.25) is 0 Å². The van der Waals surface area contributed by atoms with E-state index < -0.39 is 0 Å². The number of rotatable bonds is 8. The lowest BCUT2D eigenvalue weighted by atomic mass is 9.88. The molecule has 0 unspecified atom stereocenters. The third kappa shape index (κ3) is 5.45. The first-order valence-electron chi connectivity index (χ1n) is 9.26. The number of benzene rings is 3. The van der Waals surface area contributed by atoms with E-state index in [4.69, 9.17) is 4.74 Å². The normalized spacial score (nSPS) is 10.6. The van der Waals surface area contributed by atoms with Gasteiger partial charge in [0.1, 0.15) is 5.75 Å². The molecule has 3 aromatic rings. The Morgan fingerprint density at radius 1 is 0.889 bits per heavy atom. The summed E-state index contributed by atoms with van der Waals surface area (Å²) in [4.78, 5) is 12.3. The van der Waals surface area contributed by atoms with Crippen LogP contribution in [0.4, 0.5) is 0 Å². The summed E-state index contributed by atoms with van der Waals surface area (Å²) in [6, 6.07) is 28.5. The topological polar surface area (TPSA) is 38.3 Å². The standard InChI is InChI=1S/C24H25NO2/c1-27-22-14-8-9-19(17-22)18-24(26)25-16-15-23(20-10-4-2-5-11-20)21-12-6-3-7-13-21/h2-14,17,23H,15-16,18H2,1H3,(H,25,26). The first kappa shape index (κ1) is 18.7. The fourth-order valence-electron chi connectivity index (χ4n) is 3.28. The molecular weight excluding hydrogens is 334 g/mol. The van der Waals surface area contributed by atoms with Crippen molar-refractivity contribution < 1.29 is 9.53 Å². The molecule has 0 aromatic heterocycles. The van der Waals surface area contributed by atoms with Gasteiger partial charge >= 0.3 is 0 Å². The van der Waals surface area contributed by atoms with Crippen molar-refractivity contribution in [1.29, 1.82) is 0 Å². The molecule has 138 valence electrons. The molecule has 0 atom stereocenters. The van der Waals surface area contributed by atoms with Gasteiger partial charge in [0.15, 0.2) is 0 Å². The second-order valence-electron chi connectivity index (χ2n) is 6.54. The van der Waals surface area contributed by atoms with Gasteiger partial charge < -0.3 is 10.1 Å². The van der Waals surface area contributed by atoms with Crippen LogP contribution in [0.3, 0.4) is 0 Å². The van der Waals surface area contributed by atoms with E-state index >= 15 is 0 Å². The Morgan fingerprint density at radius 3 is 2.11 bits per heavy atom. The average molecular weight is 359 g/mol. The summed E-state index contributed by atoms with van der Waals surface area (Å²) in [6.45, 7) is 0.636. The van der Waals surface area contributed by atoms with Crippen LogP contribution < -0.4 is 10.1 Å². The maximum Gasteiger partial charge on any atom is 0.224 e. The van der Waals surface area contributed by atoms with Crippen molar-refractivity contribution in [2.24, 2.45) is 0 Å². The molecule has 3 heteroatoms. The van der Waals surface area contributed by atoms with E-state index in [-0.39, 0.29) is 11.8 Å². The van der Waals surface area contributed by atoms with Crippen molar-refractivity contribution in [2.75, 3.05) is 13.7 Å². The van der Waals surface area contributed by atoms with Gasteiger partial charge in [0.25, 0.3) is 0 Å². The average Bonchev–Trinajstić information content (AvgIpc) is 2.72. The first-order valence-corrected chi connectivity index (χ1v) is 9.26. The van der Waals surface area contributed by atoms with Crippen molar-refractivity contribution in [3.8, 4) is 5.75 Å². The Labute approximate surface area is 161 Å². The summed E-state index contributed by atoms with van der Waals surface area (Å²) in [7, 11) is 1.63. The number of hydrogen-bond acceptors (Lipinski definition) is 2. The van der Waals surface area contributed by atoms with E-state index in [1.165, 1.54) is 11.1 Å². The highest BCUT2D eigenvalue weighted by molar-refractivity contribution is 5.78. The highest BCUT2D eigenvalue weighted by Gasteiger charge is 2.14. The largest absolute Gasteiger partial charge is 0.497 e. The molecule has 3 nitrogen and oxygen atoms in total. The molecule has 0 fully saturated rings. The Balaban J connectivity index is 1.60. The third-order valence-corrected chi connectivity index (χ3v) is 4.66. The molecule has 0 saturated carbocycles. The number of hydrogen-bond donors (Lipinski definition) is 1. The number of carbonyl (C=O) groups excluding carboxylic acids is 1. The molecule has 0 aliphatic rings. The summed E-state index contributed by atoms with van der Waals surface area (Å²) in [5.74, 6) is 1.07. The van der Waals surface area contributed by atoms with Gasteiger partial charge in [0, 0.05) is 12.5 Å². The highest BCUT2D eigenvalue weighted by Crippen LogP contribution is 2.27. The highest BCUT2D eigenvalue weighted by atomic mass is 16.5. The summed E-state index contributed by atoms with van der Waals surface area (Å²) >= 11 is 0. The van der Waals surface area contributed by atoms with Crippen LogP contribution in [0.25, 0.3) is 0 Å². The predicted molar refractivity (Wildman–Crippen MR) is 109 cm³/mol. The molecular formula is C24H25NO2. The van der Waals surface area contributed by atoms with E-state index in [0.29, 0.717) is 13.0 Å². The Morgan fingerprint density at radius 2 is 1.52 bits per heavy atom. The van der Waals surface area contributed by atoms with Crippen LogP contribution in [0, 0.1) is 0 Å². The summed E-state index contributed by atoms with van der Waals surface area (Å²) < 4.78 is 5.22. The monoisotopic (exact) mass is 359 g/mol. The second-order valence-corrected chi connectivity index (χ2v) is 6.54. The van der Waals surface area contributed by atoms with E-state index in [9.17, 15) is 4.79 Å². The number of amides is 1. The lowest BCUT2D eigenvalue weighted by molar-refractivity contribution is -0.120. The van der Waals surface area contributed by atoms with Gasteiger partial charge in [-0.25, -0.2) is 0 Å². The quantitative estimate of drug-likeness (QED) is 0.639. The minimum atomic E-state index is 0.0307. The van der Waals surface area contributed by atoms with Gasteiger partial charge in [-0.15, -0.1) is 0 Å². The molecule has 1 amide bonds. The van der Waals surface area contributed by atoms with Crippen molar-refractivity contribution in [3.05, 3.63) is 102 Å². The third-order valence-electron chi connectivity index (χ3n) is 4.66. The number of carbonyl (C=O) groups is 1. The van der Waals surface area contributed by atoms with Crippen LogP contribution >= 0.6 is 0 Å². The number of nitrogens with one attached hydrogen (secondary N) is 1. The van der Waals surface area contributed by atoms with Gasteiger partial charge in [-0.05, 0) is 35.2 Å². The van der Waals surface area contributed by atoms with Gasteiger partial charge in [0.2, 0.25) is 5.91 Å². The molecule has 3 rings (SSSR count). The first-order chi connectivity index (χ1) is 13.3. The van der Waals surface area contributed by atoms with Crippen LogP contribution in [0.5, 0.6) is 5.75 Å². The van der Waals surface area contributed by atoms with Crippen molar-refractivity contribution in [1.82, 2.24) is 5.32 Å². The molecule has 0 radical (unpaired) electrons. The summed E-state index contributed by atoms with van der Waals surface area (Å²) in [5.41, 5.74) is 3.49. The van der Waals surface area contributed by atoms with E-state index in [1.54, 1.807) is 7.11 Å². The molecule has 0 aliphatic heterocycles. The fraction of sp³-hybridized carbons (Fsp3) is 0.208. The second kappa shape index (κ2) is 9.58. The molecule has 0 aliphatic carbocycles. The predicted octanol–water partition coefficient (Wildman–Crippen LogP) is 4.58. The summed E-state index contributed by atoms with van der Waals surface area (Å²) in [5, 5.41) is 3.06. The van der Waals surface area contributed by atoms with Gasteiger partial charge in [-0.3, -0.25) is 4.79 Å². The minimum absolute atomic E-state index is 0.0307. The van der Waals surface area contributed by atoms with Crippen molar-refractivity contribution in [2.45, 2.75) is 18.8 Å². The maximum atomic E-state index is 12.3. The van der Waals surface area contributed by atoms with Crippen molar-refractivity contribution >= 4 is 5.91 Å². The van der Waals surface area contributed by atoms with Crippen LogP contribution in [-0.2, 0) is 11.2 Å². The smallest absolute Gasteiger partial charge is 0.224 e. The Kier molecular flexibility index (Phi) is 6.64. The van der Waals surface area contributed by atoms with E-state index in [0.717, 1.165) is 17.7 Å². The van der Waals surface area contributed by atoms with Crippen LogP contribution in [0.15, 0.2) is 84.9 Å². The van der Waals surface area contributed by atoms with Gasteiger partial charge in [-0.2, -0.15) is 0 Å². The maximum absolute atomic E-state index is 12.3. The number of methoxy groups -OCH3 is 1. The Hall–Kier alpha value is -3.07. The molecule has 0 spiro atoms. The van der Waals surface area contributed by atoms with Gasteiger partial charge in [0.05, 0.1) is 13.5 Å². The number of ether oxygens (including phenoxy) is 1.